The quantitative estimate of drug-likeness (QED) is 0.923. The standard InChI is InChI=1S/C14H17FN2O2/c1-9(2)17-8-10(7-16-17)14(18)12-5-4-11(19-3)6-13(12)15/h4-9,14,18H,1-3H3. The van der Waals surface area contributed by atoms with Gasteiger partial charge in [0, 0.05) is 29.4 Å². The minimum atomic E-state index is -1.03. The van der Waals surface area contributed by atoms with Gasteiger partial charge >= 0.3 is 0 Å². The zero-order valence-corrected chi connectivity index (χ0v) is 11.2. The van der Waals surface area contributed by atoms with Gasteiger partial charge in [-0.2, -0.15) is 5.10 Å². The maximum absolute atomic E-state index is 13.9. The Morgan fingerprint density at radius 2 is 2.11 bits per heavy atom. The smallest absolute Gasteiger partial charge is 0.133 e. The first kappa shape index (κ1) is 13.5. The van der Waals surface area contributed by atoms with Gasteiger partial charge in [0.1, 0.15) is 17.7 Å². The highest BCUT2D eigenvalue weighted by Crippen LogP contribution is 2.27. The van der Waals surface area contributed by atoms with Crippen molar-refractivity contribution in [1.82, 2.24) is 9.78 Å². The first-order chi connectivity index (χ1) is 9.02. The van der Waals surface area contributed by atoms with E-state index in [9.17, 15) is 9.50 Å². The van der Waals surface area contributed by atoms with E-state index in [1.165, 1.54) is 19.2 Å². The Morgan fingerprint density at radius 1 is 1.37 bits per heavy atom. The zero-order valence-electron chi connectivity index (χ0n) is 11.2. The molecule has 1 atom stereocenters. The van der Waals surface area contributed by atoms with Crippen LogP contribution in [0.25, 0.3) is 0 Å². The van der Waals surface area contributed by atoms with E-state index < -0.39 is 11.9 Å². The Morgan fingerprint density at radius 3 is 2.63 bits per heavy atom. The van der Waals surface area contributed by atoms with Gasteiger partial charge in [0.15, 0.2) is 0 Å². The van der Waals surface area contributed by atoms with E-state index in [0.29, 0.717) is 11.3 Å². The van der Waals surface area contributed by atoms with Crippen LogP contribution >= 0.6 is 0 Å². The van der Waals surface area contributed by atoms with Crippen molar-refractivity contribution in [2.24, 2.45) is 0 Å². The van der Waals surface area contributed by atoms with Crippen molar-refractivity contribution >= 4 is 0 Å². The number of halogens is 1. The van der Waals surface area contributed by atoms with Gasteiger partial charge in [-0.3, -0.25) is 4.68 Å². The molecule has 0 bridgehead atoms. The summed E-state index contributed by atoms with van der Waals surface area (Å²) in [6.07, 6.45) is 2.24. The predicted octanol–water partition coefficient (Wildman–Crippen LogP) is 2.69. The van der Waals surface area contributed by atoms with E-state index in [4.69, 9.17) is 4.74 Å². The Balaban J connectivity index is 2.30. The zero-order chi connectivity index (χ0) is 14.0. The highest BCUT2D eigenvalue weighted by molar-refractivity contribution is 5.34. The van der Waals surface area contributed by atoms with E-state index in [1.807, 2.05) is 13.8 Å². The minimum Gasteiger partial charge on any atom is -0.497 e. The summed E-state index contributed by atoms with van der Waals surface area (Å²) in [7, 11) is 1.47. The van der Waals surface area contributed by atoms with Gasteiger partial charge in [-0.25, -0.2) is 4.39 Å². The lowest BCUT2D eigenvalue weighted by atomic mass is 10.0. The van der Waals surface area contributed by atoms with Gasteiger partial charge < -0.3 is 9.84 Å². The lowest BCUT2D eigenvalue weighted by molar-refractivity contribution is 0.214. The minimum absolute atomic E-state index is 0.196. The fraction of sp³-hybridized carbons (Fsp3) is 0.357. The molecule has 0 saturated carbocycles. The van der Waals surface area contributed by atoms with Crippen LogP contribution in [0.5, 0.6) is 5.75 Å². The fourth-order valence-corrected chi connectivity index (χ4v) is 1.81. The second-order valence-electron chi connectivity index (χ2n) is 4.64. The molecule has 0 spiro atoms. The topological polar surface area (TPSA) is 47.3 Å². The number of benzene rings is 1. The number of aromatic nitrogens is 2. The van der Waals surface area contributed by atoms with Crippen LogP contribution in [-0.2, 0) is 0 Å². The number of hydrogen-bond acceptors (Lipinski definition) is 3. The Bertz CT molecular complexity index is 566. The Labute approximate surface area is 111 Å². The maximum atomic E-state index is 13.9. The molecular formula is C14H17FN2O2. The van der Waals surface area contributed by atoms with Crippen molar-refractivity contribution in [3.05, 3.63) is 47.5 Å². The predicted molar refractivity (Wildman–Crippen MR) is 69.6 cm³/mol. The van der Waals surface area contributed by atoms with E-state index >= 15 is 0 Å². The number of aliphatic hydroxyl groups is 1. The molecule has 1 aromatic heterocycles. The average Bonchev–Trinajstić information content (AvgIpc) is 2.87. The maximum Gasteiger partial charge on any atom is 0.133 e. The summed E-state index contributed by atoms with van der Waals surface area (Å²) >= 11 is 0. The van der Waals surface area contributed by atoms with Gasteiger partial charge in [0.05, 0.1) is 13.3 Å². The van der Waals surface area contributed by atoms with Crippen LogP contribution < -0.4 is 4.74 Å². The third kappa shape index (κ3) is 2.76. The SMILES string of the molecule is COc1ccc(C(O)c2cnn(C(C)C)c2)c(F)c1. The molecule has 5 heteroatoms. The van der Waals surface area contributed by atoms with Crippen molar-refractivity contribution < 1.29 is 14.2 Å². The summed E-state index contributed by atoms with van der Waals surface area (Å²) in [4.78, 5) is 0. The van der Waals surface area contributed by atoms with Crippen molar-refractivity contribution in [2.45, 2.75) is 26.0 Å². The lowest BCUT2D eigenvalue weighted by Gasteiger charge is -2.11. The normalized spacial score (nSPS) is 12.7. The van der Waals surface area contributed by atoms with Crippen LogP contribution in [0.3, 0.4) is 0 Å². The van der Waals surface area contributed by atoms with Crippen LogP contribution in [0.1, 0.15) is 37.1 Å². The average molecular weight is 264 g/mol. The van der Waals surface area contributed by atoms with E-state index in [-0.39, 0.29) is 11.6 Å². The van der Waals surface area contributed by atoms with Crippen molar-refractivity contribution in [2.75, 3.05) is 7.11 Å². The summed E-state index contributed by atoms with van der Waals surface area (Å²) in [5.41, 5.74) is 0.780. The molecule has 2 aromatic rings. The molecule has 2 rings (SSSR count). The molecular weight excluding hydrogens is 247 g/mol. The first-order valence-electron chi connectivity index (χ1n) is 6.08. The van der Waals surface area contributed by atoms with Crippen LogP contribution in [0.2, 0.25) is 0 Å². The van der Waals surface area contributed by atoms with Gasteiger partial charge in [0.25, 0.3) is 0 Å². The number of hydrogen-bond donors (Lipinski definition) is 1. The highest BCUT2D eigenvalue weighted by Gasteiger charge is 2.17. The molecule has 19 heavy (non-hydrogen) atoms. The van der Waals surface area contributed by atoms with E-state index in [1.54, 1.807) is 23.1 Å². The third-order valence-electron chi connectivity index (χ3n) is 2.97. The lowest BCUT2D eigenvalue weighted by Crippen LogP contribution is -2.03. The molecule has 0 aliphatic carbocycles. The summed E-state index contributed by atoms with van der Waals surface area (Å²) in [6.45, 7) is 3.97. The molecule has 102 valence electrons. The molecule has 0 aliphatic rings. The molecule has 0 radical (unpaired) electrons. The summed E-state index contributed by atoms with van der Waals surface area (Å²) in [5, 5.41) is 14.3. The number of rotatable bonds is 4. The Kier molecular flexibility index (Phi) is 3.85. The summed E-state index contributed by atoms with van der Waals surface area (Å²) in [5.74, 6) is -0.0736. The highest BCUT2D eigenvalue weighted by atomic mass is 19.1. The third-order valence-corrected chi connectivity index (χ3v) is 2.97. The van der Waals surface area contributed by atoms with Crippen LogP contribution in [0.15, 0.2) is 30.6 Å². The number of ether oxygens (including phenoxy) is 1. The molecule has 1 aromatic carbocycles. The number of nitrogens with zero attached hydrogens (tertiary/aromatic N) is 2. The van der Waals surface area contributed by atoms with Crippen molar-refractivity contribution in [3.63, 3.8) is 0 Å². The molecule has 0 aliphatic heterocycles. The molecule has 0 fully saturated rings. The summed E-state index contributed by atoms with van der Waals surface area (Å²) in [6, 6.07) is 4.59. The monoisotopic (exact) mass is 264 g/mol. The van der Waals surface area contributed by atoms with Crippen molar-refractivity contribution in [1.29, 1.82) is 0 Å². The molecule has 0 saturated heterocycles. The van der Waals surface area contributed by atoms with Gasteiger partial charge in [0.2, 0.25) is 0 Å². The molecule has 1 N–H and O–H groups in total. The van der Waals surface area contributed by atoms with E-state index in [2.05, 4.69) is 5.10 Å². The Hall–Kier alpha value is -1.88. The van der Waals surface area contributed by atoms with Crippen LogP contribution in [-0.4, -0.2) is 22.0 Å². The molecule has 1 heterocycles. The summed E-state index contributed by atoms with van der Waals surface area (Å²) < 4.78 is 20.5. The first-order valence-corrected chi connectivity index (χ1v) is 6.08. The van der Waals surface area contributed by atoms with Crippen molar-refractivity contribution in [3.8, 4) is 5.75 Å². The van der Waals surface area contributed by atoms with Gasteiger partial charge in [-0.1, -0.05) is 0 Å². The second-order valence-corrected chi connectivity index (χ2v) is 4.64. The molecule has 1 unspecified atom stereocenters. The number of aliphatic hydroxyl groups excluding tert-OH is 1. The van der Waals surface area contributed by atoms with Gasteiger partial charge in [-0.05, 0) is 26.0 Å². The van der Waals surface area contributed by atoms with Gasteiger partial charge in [-0.15, -0.1) is 0 Å². The molecule has 4 nitrogen and oxygen atoms in total. The number of methoxy groups -OCH3 is 1. The largest absolute Gasteiger partial charge is 0.497 e. The second kappa shape index (κ2) is 5.40. The van der Waals surface area contributed by atoms with E-state index in [0.717, 1.165) is 0 Å². The van der Waals surface area contributed by atoms with Crippen LogP contribution in [0.4, 0.5) is 4.39 Å². The van der Waals surface area contributed by atoms with Crippen LogP contribution in [0, 0.1) is 5.82 Å². The fourth-order valence-electron chi connectivity index (χ4n) is 1.81. The molecule has 0 amide bonds.